The highest BCUT2D eigenvalue weighted by Gasteiger charge is 2.49. The van der Waals surface area contributed by atoms with Gasteiger partial charge in [0.1, 0.15) is 0 Å². The summed E-state index contributed by atoms with van der Waals surface area (Å²) in [5.74, 6) is 1.53. The largest absolute Gasteiger partial charge is 0.381 e. The Bertz CT molecular complexity index is 556. The Morgan fingerprint density at radius 2 is 1.92 bits per heavy atom. The van der Waals surface area contributed by atoms with Crippen molar-refractivity contribution in [3.8, 4) is 0 Å². The summed E-state index contributed by atoms with van der Waals surface area (Å²) in [5, 5.41) is 0. The molecule has 0 bridgehead atoms. The van der Waals surface area contributed by atoms with Crippen molar-refractivity contribution < 1.29 is 9.47 Å². The zero-order valence-electron chi connectivity index (χ0n) is 16.1. The van der Waals surface area contributed by atoms with E-state index in [1.54, 1.807) is 0 Å². The van der Waals surface area contributed by atoms with Gasteiger partial charge in [0, 0.05) is 57.4 Å². The van der Waals surface area contributed by atoms with Crippen LogP contribution in [0.1, 0.15) is 31.2 Å². The van der Waals surface area contributed by atoms with Gasteiger partial charge in [0.05, 0.1) is 6.61 Å². The Balaban J connectivity index is 1.22. The Morgan fingerprint density at radius 3 is 2.69 bits per heavy atom. The molecular formula is C21H33N3O2. The summed E-state index contributed by atoms with van der Waals surface area (Å²) in [6.45, 7) is 8.45. The van der Waals surface area contributed by atoms with Gasteiger partial charge in [0.15, 0.2) is 0 Å². The number of piperidine rings is 1. The number of likely N-dealkylation sites (N-methyl/N-ethyl adjacent to an activating group) is 1. The van der Waals surface area contributed by atoms with E-state index in [4.69, 9.17) is 9.47 Å². The van der Waals surface area contributed by atoms with Gasteiger partial charge < -0.3 is 9.47 Å². The minimum absolute atomic E-state index is 0.397. The average molecular weight is 360 g/mol. The summed E-state index contributed by atoms with van der Waals surface area (Å²) in [5.41, 5.74) is 1.61. The molecule has 1 atom stereocenters. The van der Waals surface area contributed by atoms with Crippen molar-refractivity contribution in [3.63, 3.8) is 0 Å². The molecule has 0 amide bonds. The first-order chi connectivity index (χ1) is 12.7. The fourth-order valence-corrected chi connectivity index (χ4v) is 4.95. The van der Waals surface area contributed by atoms with Crippen LogP contribution in [0.5, 0.6) is 0 Å². The third kappa shape index (κ3) is 4.28. The quantitative estimate of drug-likeness (QED) is 0.780. The SMILES string of the molecule is CN1CCC(COCc2ccncc2)CC12CN(CC1CCOCC1)C2. The van der Waals surface area contributed by atoms with Gasteiger partial charge in [-0.15, -0.1) is 0 Å². The van der Waals surface area contributed by atoms with Crippen LogP contribution < -0.4 is 0 Å². The highest BCUT2D eigenvalue weighted by molar-refractivity contribution is 5.08. The third-order valence-electron chi connectivity index (χ3n) is 6.62. The van der Waals surface area contributed by atoms with E-state index >= 15 is 0 Å². The van der Waals surface area contributed by atoms with Crippen molar-refractivity contribution >= 4 is 0 Å². The molecule has 3 aliphatic heterocycles. The Morgan fingerprint density at radius 1 is 1.15 bits per heavy atom. The van der Waals surface area contributed by atoms with Crippen molar-refractivity contribution in [3.05, 3.63) is 30.1 Å². The lowest BCUT2D eigenvalue weighted by atomic mass is 9.75. The fraction of sp³-hybridized carbons (Fsp3) is 0.762. The molecule has 5 nitrogen and oxygen atoms in total. The molecule has 1 aromatic heterocycles. The van der Waals surface area contributed by atoms with E-state index in [0.29, 0.717) is 18.1 Å². The molecule has 4 heterocycles. The van der Waals surface area contributed by atoms with E-state index in [1.165, 1.54) is 57.4 Å². The van der Waals surface area contributed by atoms with E-state index in [0.717, 1.165) is 25.7 Å². The van der Waals surface area contributed by atoms with Gasteiger partial charge >= 0.3 is 0 Å². The smallest absolute Gasteiger partial charge is 0.0718 e. The van der Waals surface area contributed by atoms with Crippen LogP contribution in [0.15, 0.2) is 24.5 Å². The van der Waals surface area contributed by atoms with Crippen molar-refractivity contribution in [2.75, 3.05) is 53.0 Å². The van der Waals surface area contributed by atoms with E-state index in [-0.39, 0.29) is 0 Å². The summed E-state index contributed by atoms with van der Waals surface area (Å²) in [6.07, 6.45) is 8.70. The molecule has 0 saturated carbocycles. The molecule has 1 unspecified atom stereocenters. The van der Waals surface area contributed by atoms with Gasteiger partial charge in [0.2, 0.25) is 0 Å². The van der Waals surface area contributed by atoms with Gasteiger partial charge in [-0.05, 0) is 68.8 Å². The molecule has 1 aromatic rings. The number of likely N-dealkylation sites (tertiary alicyclic amines) is 2. The van der Waals surface area contributed by atoms with Crippen LogP contribution in [0.2, 0.25) is 0 Å². The van der Waals surface area contributed by atoms with Gasteiger partial charge in [-0.1, -0.05) is 0 Å². The van der Waals surface area contributed by atoms with E-state index in [1.807, 2.05) is 24.5 Å². The summed E-state index contributed by atoms with van der Waals surface area (Å²) >= 11 is 0. The number of nitrogens with zero attached hydrogens (tertiary/aromatic N) is 3. The molecule has 0 radical (unpaired) electrons. The maximum absolute atomic E-state index is 6.03. The molecule has 4 rings (SSSR count). The minimum atomic E-state index is 0.397. The lowest BCUT2D eigenvalue weighted by Crippen LogP contribution is -2.72. The zero-order valence-corrected chi connectivity index (χ0v) is 16.1. The molecule has 5 heteroatoms. The standard InChI is InChI=1S/C21H33N3O2/c1-23-9-4-20(15-26-14-19-2-7-22-8-3-19)12-21(23)16-24(17-21)13-18-5-10-25-11-6-18/h2-3,7-8,18,20H,4-6,9-17H2,1H3. The summed E-state index contributed by atoms with van der Waals surface area (Å²) < 4.78 is 11.5. The lowest BCUT2D eigenvalue weighted by molar-refractivity contribution is -0.0982. The maximum atomic E-state index is 6.03. The molecule has 144 valence electrons. The first-order valence-corrected chi connectivity index (χ1v) is 10.2. The van der Waals surface area contributed by atoms with Gasteiger partial charge in [-0.2, -0.15) is 0 Å². The van der Waals surface area contributed by atoms with Crippen LogP contribution >= 0.6 is 0 Å². The Labute approximate surface area is 157 Å². The lowest BCUT2D eigenvalue weighted by Gasteiger charge is -2.59. The normalized spacial score (nSPS) is 27.5. The zero-order chi connectivity index (χ0) is 17.8. The van der Waals surface area contributed by atoms with Crippen molar-refractivity contribution in [2.24, 2.45) is 11.8 Å². The highest BCUT2D eigenvalue weighted by Crippen LogP contribution is 2.39. The Kier molecular flexibility index (Phi) is 5.89. The second kappa shape index (κ2) is 8.34. The van der Waals surface area contributed by atoms with Gasteiger partial charge in [-0.25, -0.2) is 0 Å². The topological polar surface area (TPSA) is 37.8 Å². The summed E-state index contributed by atoms with van der Waals surface area (Å²) in [4.78, 5) is 9.36. The number of pyridine rings is 1. The highest BCUT2D eigenvalue weighted by atomic mass is 16.5. The molecule has 0 aromatic carbocycles. The molecule has 1 spiro atoms. The average Bonchev–Trinajstić information content (AvgIpc) is 2.65. The van der Waals surface area contributed by atoms with Crippen molar-refractivity contribution in [1.82, 2.24) is 14.8 Å². The molecule has 3 aliphatic rings. The van der Waals surface area contributed by atoms with Crippen LogP contribution in [0.4, 0.5) is 0 Å². The van der Waals surface area contributed by atoms with E-state index < -0.39 is 0 Å². The number of rotatable bonds is 6. The van der Waals surface area contributed by atoms with Crippen LogP contribution in [0.3, 0.4) is 0 Å². The maximum Gasteiger partial charge on any atom is 0.0718 e. The van der Waals surface area contributed by atoms with Crippen LogP contribution in [-0.2, 0) is 16.1 Å². The number of hydrogen-bond acceptors (Lipinski definition) is 5. The molecule has 3 saturated heterocycles. The number of ether oxygens (including phenoxy) is 2. The van der Waals surface area contributed by atoms with Crippen molar-refractivity contribution in [1.29, 1.82) is 0 Å². The van der Waals surface area contributed by atoms with Gasteiger partial charge in [0.25, 0.3) is 0 Å². The molecule has 26 heavy (non-hydrogen) atoms. The second-order valence-electron chi connectivity index (χ2n) is 8.60. The predicted molar refractivity (Wildman–Crippen MR) is 102 cm³/mol. The number of aromatic nitrogens is 1. The molecular weight excluding hydrogens is 326 g/mol. The predicted octanol–water partition coefficient (Wildman–Crippen LogP) is 2.42. The van der Waals surface area contributed by atoms with Gasteiger partial charge in [-0.3, -0.25) is 14.8 Å². The third-order valence-corrected chi connectivity index (χ3v) is 6.62. The number of hydrogen-bond donors (Lipinski definition) is 0. The van der Waals surface area contributed by atoms with E-state index in [2.05, 4.69) is 21.8 Å². The minimum Gasteiger partial charge on any atom is -0.381 e. The van der Waals surface area contributed by atoms with Crippen LogP contribution in [0, 0.1) is 11.8 Å². The van der Waals surface area contributed by atoms with Crippen molar-refractivity contribution in [2.45, 2.75) is 37.8 Å². The van der Waals surface area contributed by atoms with Crippen LogP contribution in [0.25, 0.3) is 0 Å². The summed E-state index contributed by atoms with van der Waals surface area (Å²) in [7, 11) is 2.32. The second-order valence-corrected chi connectivity index (χ2v) is 8.60. The molecule has 0 aliphatic carbocycles. The molecule has 0 N–H and O–H groups in total. The summed E-state index contributed by atoms with van der Waals surface area (Å²) in [6, 6.07) is 4.08. The van der Waals surface area contributed by atoms with E-state index in [9.17, 15) is 0 Å². The fourth-order valence-electron chi connectivity index (χ4n) is 4.95. The first kappa shape index (κ1) is 18.4. The van der Waals surface area contributed by atoms with Crippen LogP contribution in [-0.4, -0.2) is 73.4 Å². The monoisotopic (exact) mass is 359 g/mol. The first-order valence-electron chi connectivity index (χ1n) is 10.2. The Hall–Kier alpha value is -1.01. The molecule has 3 fully saturated rings.